The zero-order valence-electron chi connectivity index (χ0n) is 8.81. The molecule has 2 unspecified atom stereocenters. The van der Waals surface area contributed by atoms with Gasteiger partial charge in [0.25, 0.3) is 0 Å². The van der Waals surface area contributed by atoms with Crippen molar-refractivity contribution in [3.63, 3.8) is 0 Å². The Balaban J connectivity index is 2.67. The van der Waals surface area contributed by atoms with Gasteiger partial charge in [0.15, 0.2) is 0 Å². The number of likely N-dealkylation sites (tertiary alicyclic amines) is 1. The first-order chi connectivity index (χ1) is 6.54. The van der Waals surface area contributed by atoms with E-state index < -0.39 is 12.2 Å². The molecule has 0 bridgehead atoms. The third kappa shape index (κ3) is 2.38. The molecular formula is C10H19NO3. The highest BCUT2D eigenvalue weighted by Gasteiger charge is 2.33. The first-order valence-corrected chi connectivity index (χ1v) is 5.21. The van der Waals surface area contributed by atoms with Crippen LogP contribution in [0.25, 0.3) is 0 Å². The van der Waals surface area contributed by atoms with Crippen LogP contribution in [0, 0.1) is 5.92 Å². The third-order valence-electron chi connectivity index (χ3n) is 2.87. The summed E-state index contributed by atoms with van der Waals surface area (Å²) in [7, 11) is 0. The summed E-state index contributed by atoms with van der Waals surface area (Å²) >= 11 is 0. The summed E-state index contributed by atoms with van der Waals surface area (Å²) in [6, 6.07) is -0.207. The Hall–Kier alpha value is -0.770. The van der Waals surface area contributed by atoms with E-state index in [1.54, 1.807) is 0 Å². The predicted molar refractivity (Wildman–Crippen MR) is 53.2 cm³/mol. The molecule has 0 aromatic rings. The molecule has 0 aromatic carbocycles. The largest absolute Gasteiger partial charge is 0.465 e. The lowest BCUT2D eigenvalue weighted by Gasteiger charge is -2.37. The number of rotatable bonds is 2. The lowest BCUT2D eigenvalue weighted by atomic mass is 9.91. The van der Waals surface area contributed by atoms with E-state index in [0.29, 0.717) is 6.54 Å². The number of hydrogen-bond donors (Lipinski definition) is 2. The van der Waals surface area contributed by atoms with Crippen LogP contribution in [0.3, 0.4) is 0 Å². The number of piperidine rings is 1. The van der Waals surface area contributed by atoms with E-state index in [1.807, 2.05) is 13.8 Å². The van der Waals surface area contributed by atoms with Crippen LogP contribution >= 0.6 is 0 Å². The standard InChI is InChI=1S/C10H19NO3/c1-7(2)9(12)8-5-3-4-6-11(8)10(13)14/h7-9,12H,3-6H2,1-2H3,(H,13,14). The second kappa shape index (κ2) is 4.64. The van der Waals surface area contributed by atoms with E-state index in [0.717, 1.165) is 19.3 Å². The maximum Gasteiger partial charge on any atom is 0.407 e. The lowest BCUT2D eigenvalue weighted by Crippen LogP contribution is -2.50. The second-order valence-corrected chi connectivity index (χ2v) is 4.27. The van der Waals surface area contributed by atoms with Crippen molar-refractivity contribution in [3.8, 4) is 0 Å². The number of carboxylic acid groups (broad SMARTS) is 1. The van der Waals surface area contributed by atoms with Gasteiger partial charge >= 0.3 is 6.09 Å². The smallest absolute Gasteiger partial charge is 0.407 e. The number of aliphatic hydroxyl groups is 1. The molecule has 0 aliphatic carbocycles. The quantitative estimate of drug-likeness (QED) is 0.712. The maximum atomic E-state index is 10.9. The molecule has 0 radical (unpaired) electrons. The van der Waals surface area contributed by atoms with Crippen LogP contribution in [0.2, 0.25) is 0 Å². The fourth-order valence-electron chi connectivity index (χ4n) is 1.99. The van der Waals surface area contributed by atoms with Crippen LogP contribution in [0.1, 0.15) is 33.1 Å². The molecule has 1 fully saturated rings. The van der Waals surface area contributed by atoms with Crippen LogP contribution in [0.4, 0.5) is 4.79 Å². The van der Waals surface area contributed by atoms with Crippen molar-refractivity contribution >= 4 is 6.09 Å². The molecular weight excluding hydrogens is 182 g/mol. The number of amides is 1. The SMILES string of the molecule is CC(C)C(O)C1CCCCN1C(=O)O. The fraction of sp³-hybridized carbons (Fsp3) is 0.900. The van der Waals surface area contributed by atoms with Crippen LogP contribution in [0.5, 0.6) is 0 Å². The van der Waals surface area contributed by atoms with Gasteiger partial charge in [0, 0.05) is 6.54 Å². The van der Waals surface area contributed by atoms with Crippen LogP contribution in [-0.4, -0.2) is 39.9 Å². The summed E-state index contributed by atoms with van der Waals surface area (Å²) in [6.07, 6.45) is 1.26. The molecule has 0 aromatic heterocycles. The van der Waals surface area contributed by atoms with E-state index in [-0.39, 0.29) is 12.0 Å². The molecule has 0 spiro atoms. The van der Waals surface area contributed by atoms with Crippen molar-refractivity contribution < 1.29 is 15.0 Å². The van der Waals surface area contributed by atoms with Gasteiger partial charge < -0.3 is 15.1 Å². The molecule has 4 heteroatoms. The summed E-state index contributed by atoms with van der Waals surface area (Å²) in [5, 5.41) is 18.8. The number of aliphatic hydroxyl groups excluding tert-OH is 1. The summed E-state index contributed by atoms with van der Waals surface area (Å²) in [5.74, 6) is 0.111. The Morgan fingerprint density at radius 2 is 2.07 bits per heavy atom. The van der Waals surface area contributed by atoms with Gasteiger partial charge in [-0.05, 0) is 25.2 Å². The first kappa shape index (κ1) is 11.3. The van der Waals surface area contributed by atoms with Crippen molar-refractivity contribution in [1.82, 2.24) is 4.90 Å². The van der Waals surface area contributed by atoms with Gasteiger partial charge in [0.2, 0.25) is 0 Å². The third-order valence-corrected chi connectivity index (χ3v) is 2.87. The Labute approximate surface area is 84.5 Å². The molecule has 0 saturated carbocycles. The van der Waals surface area contributed by atoms with Gasteiger partial charge in [-0.2, -0.15) is 0 Å². The first-order valence-electron chi connectivity index (χ1n) is 5.21. The molecule has 2 atom stereocenters. The summed E-state index contributed by atoms with van der Waals surface area (Å²) in [6.45, 7) is 4.39. The lowest BCUT2D eigenvalue weighted by molar-refractivity contribution is 0.00646. The zero-order valence-corrected chi connectivity index (χ0v) is 8.81. The minimum Gasteiger partial charge on any atom is -0.465 e. The van der Waals surface area contributed by atoms with Crippen molar-refractivity contribution in [1.29, 1.82) is 0 Å². The number of hydrogen-bond acceptors (Lipinski definition) is 2. The van der Waals surface area contributed by atoms with E-state index in [1.165, 1.54) is 4.90 Å². The average molecular weight is 201 g/mol. The van der Waals surface area contributed by atoms with Gasteiger partial charge in [-0.3, -0.25) is 0 Å². The van der Waals surface area contributed by atoms with E-state index in [2.05, 4.69) is 0 Å². The van der Waals surface area contributed by atoms with Crippen LogP contribution in [0.15, 0.2) is 0 Å². The number of nitrogens with zero attached hydrogens (tertiary/aromatic N) is 1. The molecule has 1 amide bonds. The highest BCUT2D eigenvalue weighted by atomic mass is 16.4. The van der Waals surface area contributed by atoms with Crippen molar-refractivity contribution in [3.05, 3.63) is 0 Å². The molecule has 1 saturated heterocycles. The highest BCUT2D eigenvalue weighted by molar-refractivity contribution is 5.65. The minimum atomic E-state index is -0.908. The molecule has 1 heterocycles. The average Bonchev–Trinajstić information content (AvgIpc) is 2.16. The Kier molecular flexibility index (Phi) is 3.75. The van der Waals surface area contributed by atoms with Gasteiger partial charge in [-0.1, -0.05) is 13.8 Å². The van der Waals surface area contributed by atoms with Gasteiger partial charge in [0.1, 0.15) is 0 Å². The topological polar surface area (TPSA) is 60.8 Å². The normalized spacial score (nSPS) is 25.1. The van der Waals surface area contributed by atoms with Gasteiger partial charge in [0.05, 0.1) is 12.1 Å². The molecule has 1 aliphatic heterocycles. The molecule has 82 valence electrons. The maximum absolute atomic E-state index is 10.9. The minimum absolute atomic E-state index is 0.111. The molecule has 4 nitrogen and oxygen atoms in total. The van der Waals surface area contributed by atoms with Gasteiger partial charge in [-0.25, -0.2) is 4.79 Å². The summed E-state index contributed by atoms with van der Waals surface area (Å²) in [5.41, 5.74) is 0. The highest BCUT2D eigenvalue weighted by Crippen LogP contribution is 2.23. The Morgan fingerprint density at radius 1 is 1.43 bits per heavy atom. The molecule has 1 rings (SSSR count). The van der Waals surface area contributed by atoms with Crippen molar-refractivity contribution in [2.45, 2.75) is 45.3 Å². The predicted octanol–water partition coefficient (Wildman–Crippen LogP) is 1.54. The Bertz CT molecular complexity index is 206. The molecule has 14 heavy (non-hydrogen) atoms. The van der Waals surface area contributed by atoms with Crippen molar-refractivity contribution in [2.75, 3.05) is 6.54 Å². The number of carbonyl (C=O) groups is 1. The van der Waals surface area contributed by atoms with Crippen LogP contribution < -0.4 is 0 Å². The zero-order chi connectivity index (χ0) is 10.7. The molecule has 1 aliphatic rings. The Morgan fingerprint density at radius 3 is 2.57 bits per heavy atom. The van der Waals surface area contributed by atoms with Gasteiger partial charge in [-0.15, -0.1) is 0 Å². The monoisotopic (exact) mass is 201 g/mol. The fourth-order valence-corrected chi connectivity index (χ4v) is 1.99. The summed E-state index contributed by atoms with van der Waals surface area (Å²) in [4.78, 5) is 12.3. The van der Waals surface area contributed by atoms with E-state index >= 15 is 0 Å². The second-order valence-electron chi connectivity index (χ2n) is 4.27. The van der Waals surface area contributed by atoms with E-state index in [4.69, 9.17) is 5.11 Å². The van der Waals surface area contributed by atoms with E-state index in [9.17, 15) is 9.90 Å². The van der Waals surface area contributed by atoms with Crippen molar-refractivity contribution in [2.24, 2.45) is 5.92 Å². The molecule has 2 N–H and O–H groups in total. The summed E-state index contributed by atoms with van der Waals surface area (Å²) < 4.78 is 0. The van der Waals surface area contributed by atoms with Crippen LogP contribution in [-0.2, 0) is 0 Å².